The fourth-order valence-electron chi connectivity index (χ4n) is 1.23. The van der Waals surface area contributed by atoms with E-state index in [4.69, 9.17) is 5.11 Å². The molecule has 0 aliphatic heterocycles. The van der Waals surface area contributed by atoms with Crippen LogP contribution >= 0.6 is 15.9 Å². The second kappa shape index (κ2) is 4.92. The topological polar surface area (TPSA) is 62.5 Å². The number of anilines is 1. The van der Waals surface area contributed by atoms with E-state index in [2.05, 4.69) is 31.3 Å². The smallest absolute Gasteiger partial charge is 0.265 e. The van der Waals surface area contributed by atoms with Crippen molar-refractivity contribution < 1.29 is 13.9 Å². The fourth-order valence-corrected chi connectivity index (χ4v) is 1.66. The van der Waals surface area contributed by atoms with E-state index in [0.717, 1.165) is 4.47 Å². The summed E-state index contributed by atoms with van der Waals surface area (Å²) >= 11 is 3.29. The maximum atomic E-state index is 12.1. The zero-order chi connectivity index (χ0) is 12.4. The van der Waals surface area contributed by atoms with Gasteiger partial charge in [0.1, 0.15) is 6.10 Å². The number of rotatable bonds is 4. The number of hydrogen-bond acceptors (Lipinski definition) is 4. The SMILES string of the molecule is OC(CNc1nc2c(Br)cccn2n1)C(F)F. The van der Waals surface area contributed by atoms with Crippen LogP contribution in [0.25, 0.3) is 5.65 Å². The molecular formula is C9H9BrF2N4O. The number of aliphatic hydroxyl groups is 1. The van der Waals surface area contributed by atoms with Gasteiger partial charge in [-0.15, -0.1) is 5.10 Å². The second-order valence-electron chi connectivity index (χ2n) is 3.34. The van der Waals surface area contributed by atoms with Crippen LogP contribution in [0.5, 0.6) is 0 Å². The molecule has 0 fully saturated rings. The predicted molar refractivity (Wildman–Crippen MR) is 61.2 cm³/mol. The minimum atomic E-state index is -2.79. The van der Waals surface area contributed by atoms with Crippen molar-refractivity contribution in [1.29, 1.82) is 0 Å². The molecule has 0 saturated carbocycles. The maximum absolute atomic E-state index is 12.1. The van der Waals surface area contributed by atoms with Gasteiger partial charge in [0.15, 0.2) is 5.65 Å². The molecule has 17 heavy (non-hydrogen) atoms. The third-order valence-corrected chi connectivity index (χ3v) is 2.69. The van der Waals surface area contributed by atoms with E-state index in [9.17, 15) is 8.78 Å². The normalized spacial score (nSPS) is 13.2. The van der Waals surface area contributed by atoms with Crippen molar-refractivity contribution in [2.45, 2.75) is 12.5 Å². The lowest BCUT2D eigenvalue weighted by Gasteiger charge is -2.08. The van der Waals surface area contributed by atoms with Gasteiger partial charge in [0.05, 0.1) is 4.47 Å². The van der Waals surface area contributed by atoms with E-state index >= 15 is 0 Å². The van der Waals surface area contributed by atoms with Crippen molar-refractivity contribution in [2.24, 2.45) is 0 Å². The van der Waals surface area contributed by atoms with Gasteiger partial charge >= 0.3 is 0 Å². The van der Waals surface area contributed by atoms with Crippen LogP contribution in [0.2, 0.25) is 0 Å². The molecule has 2 rings (SSSR count). The average molecular weight is 307 g/mol. The Morgan fingerprint density at radius 3 is 2.94 bits per heavy atom. The standard InChI is InChI=1S/C9H9BrF2N4O/c10-5-2-1-3-16-8(5)14-9(15-16)13-4-6(17)7(11)12/h1-3,6-7,17H,4H2,(H,13,15). The van der Waals surface area contributed by atoms with Crippen LogP contribution in [-0.4, -0.2) is 38.8 Å². The van der Waals surface area contributed by atoms with E-state index in [1.54, 1.807) is 18.3 Å². The summed E-state index contributed by atoms with van der Waals surface area (Å²) in [6.07, 6.45) is -2.83. The zero-order valence-electron chi connectivity index (χ0n) is 8.52. The third-order valence-electron chi connectivity index (χ3n) is 2.07. The molecule has 8 heteroatoms. The molecule has 2 aromatic heterocycles. The van der Waals surface area contributed by atoms with Gasteiger partial charge in [-0.2, -0.15) is 4.98 Å². The summed E-state index contributed by atoms with van der Waals surface area (Å²) in [4.78, 5) is 4.08. The quantitative estimate of drug-likeness (QED) is 0.899. The number of aliphatic hydroxyl groups excluding tert-OH is 1. The van der Waals surface area contributed by atoms with E-state index < -0.39 is 12.5 Å². The van der Waals surface area contributed by atoms with Gasteiger partial charge in [0.2, 0.25) is 5.95 Å². The third kappa shape index (κ3) is 2.70. The molecule has 1 unspecified atom stereocenters. The molecule has 0 amide bonds. The molecule has 2 aromatic rings. The number of aromatic nitrogens is 3. The molecule has 1 atom stereocenters. The molecule has 2 heterocycles. The Morgan fingerprint density at radius 2 is 2.29 bits per heavy atom. The van der Waals surface area contributed by atoms with Gasteiger partial charge in [-0.25, -0.2) is 13.3 Å². The summed E-state index contributed by atoms with van der Waals surface area (Å²) < 4.78 is 26.4. The molecule has 0 aliphatic rings. The number of hydrogen-bond donors (Lipinski definition) is 2. The summed E-state index contributed by atoms with van der Waals surface area (Å²) in [7, 11) is 0. The molecule has 0 aliphatic carbocycles. The number of pyridine rings is 1. The molecule has 5 nitrogen and oxygen atoms in total. The zero-order valence-corrected chi connectivity index (χ0v) is 10.1. The molecule has 0 radical (unpaired) electrons. The van der Waals surface area contributed by atoms with Crippen LogP contribution in [0.3, 0.4) is 0 Å². The van der Waals surface area contributed by atoms with Crippen LogP contribution in [0.15, 0.2) is 22.8 Å². The molecule has 0 saturated heterocycles. The van der Waals surface area contributed by atoms with Crippen LogP contribution in [0.1, 0.15) is 0 Å². The highest BCUT2D eigenvalue weighted by Crippen LogP contribution is 2.16. The minimum absolute atomic E-state index is 0.191. The minimum Gasteiger partial charge on any atom is -0.385 e. The first kappa shape index (κ1) is 12.2. The lowest BCUT2D eigenvalue weighted by atomic mass is 10.4. The summed E-state index contributed by atoms with van der Waals surface area (Å²) in [6, 6.07) is 3.56. The Labute approximate surface area is 104 Å². The van der Waals surface area contributed by atoms with Gasteiger partial charge in [-0.05, 0) is 28.1 Å². The van der Waals surface area contributed by atoms with Gasteiger partial charge in [-0.3, -0.25) is 0 Å². The highest BCUT2D eigenvalue weighted by Gasteiger charge is 2.17. The maximum Gasteiger partial charge on any atom is 0.265 e. The monoisotopic (exact) mass is 306 g/mol. The molecule has 2 N–H and O–H groups in total. The highest BCUT2D eigenvalue weighted by molar-refractivity contribution is 9.10. The Hall–Kier alpha value is -1.28. The van der Waals surface area contributed by atoms with E-state index in [-0.39, 0.29) is 12.5 Å². The number of alkyl halides is 2. The Kier molecular flexibility index (Phi) is 3.53. The number of fused-ring (bicyclic) bond motifs is 1. The largest absolute Gasteiger partial charge is 0.385 e. The summed E-state index contributed by atoms with van der Waals surface area (Å²) in [5.74, 6) is 0.191. The van der Waals surface area contributed by atoms with Gasteiger partial charge in [-0.1, -0.05) is 0 Å². The van der Waals surface area contributed by atoms with E-state index in [1.165, 1.54) is 4.52 Å². The van der Waals surface area contributed by atoms with Gasteiger partial charge in [0.25, 0.3) is 6.43 Å². The first-order valence-corrected chi connectivity index (χ1v) is 5.58. The first-order chi connectivity index (χ1) is 8.08. The first-order valence-electron chi connectivity index (χ1n) is 4.79. The number of halogens is 3. The lowest BCUT2D eigenvalue weighted by molar-refractivity contribution is 0.00377. The highest BCUT2D eigenvalue weighted by atomic mass is 79.9. The van der Waals surface area contributed by atoms with Crippen molar-refractivity contribution in [1.82, 2.24) is 14.6 Å². The number of nitrogens with one attached hydrogen (secondary N) is 1. The van der Waals surface area contributed by atoms with E-state index in [1.807, 2.05) is 0 Å². The van der Waals surface area contributed by atoms with Crippen LogP contribution < -0.4 is 5.32 Å². The molecule has 0 spiro atoms. The van der Waals surface area contributed by atoms with Crippen LogP contribution in [0, 0.1) is 0 Å². The Morgan fingerprint density at radius 1 is 1.53 bits per heavy atom. The Bertz CT molecular complexity index is 519. The van der Waals surface area contributed by atoms with Crippen LogP contribution in [-0.2, 0) is 0 Å². The van der Waals surface area contributed by atoms with E-state index in [0.29, 0.717) is 5.65 Å². The van der Waals surface area contributed by atoms with Gasteiger partial charge < -0.3 is 10.4 Å². The number of nitrogens with zero attached hydrogens (tertiary/aromatic N) is 3. The molecular weight excluding hydrogens is 298 g/mol. The van der Waals surface area contributed by atoms with Crippen molar-refractivity contribution in [3.63, 3.8) is 0 Å². The molecule has 0 aromatic carbocycles. The average Bonchev–Trinajstić information content (AvgIpc) is 2.70. The second-order valence-corrected chi connectivity index (χ2v) is 4.20. The summed E-state index contributed by atoms with van der Waals surface area (Å²) in [6.45, 7) is -0.299. The lowest BCUT2D eigenvalue weighted by Crippen LogP contribution is -2.27. The van der Waals surface area contributed by atoms with Crippen molar-refractivity contribution in [3.05, 3.63) is 22.8 Å². The van der Waals surface area contributed by atoms with Crippen molar-refractivity contribution >= 4 is 27.5 Å². The Balaban J connectivity index is 2.12. The predicted octanol–water partition coefficient (Wildman–Crippen LogP) is 1.53. The molecule has 92 valence electrons. The van der Waals surface area contributed by atoms with Gasteiger partial charge in [0, 0.05) is 12.7 Å². The van der Waals surface area contributed by atoms with Crippen molar-refractivity contribution in [3.8, 4) is 0 Å². The fraction of sp³-hybridized carbons (Fsp3) is 0.333. The molecule has 0 bridgehead atoms. The summed E-state index contributed by atoms with van der Waals surface area (Å²) in [5.41, 5.74) is 0.571. The summed E-state index contributed by atoms with van der Waals surface area (Å²) in [5, 5.41) is 15.5. The van der Waals surface area contributed by atoms with Crippen molar-refractivity contribution in [2.75, 3.05) is 11.9 Å². The van der Waals surface area contributed by atoms with Crippen LogP contribution in [0.4, 0.5) is 14.7 Å².